The molecule has 0 bridgehead atoms. The second-order valence-electron chi connectivity index (χ2n) is 13.7. The van der Waals surface area contributed by atoms with E-state index < -0.39 is 0 Å². The predicted molar refractivity (Wildman–Crippen MR) is 147 cm³/mol. The highest BCUT2D eigenvalue weighted by Gasteiger charge is 2.58. The molecule has 2 nitrogen and oxygen atoms in total. The second-order valence-corrected chi connectivity index (χ2v) is 13.7. The normalized spacial score (nSPS) is 39.2. The van der Waals surface area contributed by atoms with Gasteiger partial charge in [-0.15, -0.1) is 0 Å². The molecule has 4 rings (SSSR count). The SMILES string of the molecule is CCCCCCCC[C@H]1CC[C@H]2[C@@H]3CC=C4C[C@@H](OC(=O)C[C@H](C)CC)CC[C@]4(C)[C@H]3CC[C@]12C. The summed E-state index contributed by atoms with van der Waals surface area (Å²) in [6.07, 6.45) is 24.8. The number of hydrogen-bond donors (Lipinski definition) is 0. The zero-order valence-electron chi connectivity index (χ0n) is 23.9. The van der Waals surface area contributed by atoms with Crippen molar-refractivity contribution in [2.75, 3.05) is 0 Å². The number of fused-ring (bicyclic) bond motifs is 5. The Morgan fingerprint density at radius 3 is 2.54 bits per heavy atom. The molecule has 8 atom stereocenters. The predicted octanol–water partition coefficient (Wildman–Crippen LogP) is 9.66. The van der Waals surface area contributed by atoms with E-state index in [1.165, 1.54) is 83.5 Å². The maximum absolute atomic E-state index is 12.4. The molecule has 0 spiro atoms. The molecule has 0 aliphatic heterocycles. The molecule has 0 aromatic rings. The van der Waals surface area contributed by atoms with Crippen LogP contribution in [-0.4, -0.2) is 12.1 Å². The van der Waals surface area contributed by atoms with Crippen molar-refractivity contribution in [2.45, 2.75) is 150 Å². The van der Waals surface area contributed by atoms with Crippen LogP contribution in [0.4, 0.5) is 0 Å². The van der Waals surface area contributed by atoms with Gasteiger partial charge in [-0.25, -0.2) is 0 Å². The van der Waals surface area contributed by atoms with Crippen molar-refractivity contribution in [1.29, 1.82) is 0 Å². The Balaban J connectivity index is 1.35. The van der Waals surface area contributed by atoms with Crippen LogP contribution in [0.3, 0.4) is 0 Å². The highest BCUT2D eigenvalue weighted by molar-refractivity contribution is 5.69. The van der Waals surface area contributed by atoms with Crippen LogP contribution in [0.5, 0.6) is 0 Å². The van der Waals surface area contributed by atoms with Gasteiger partial charge in [-0.2, -0.15) is 0 Å². The van der Waals surface area contributed by atoms with Crippen molar-refractivity contribution >= 4 is 5.97 Å². The molecule has 0 saturated heterocycles. The van der Waals surface area contributed by atoms with E-state index in [-0.39, 0.29) is 12.1 Å². The van der Waals surface area contributed by atoms with Gasteiger partial charge in [-0.1, -0.05) is 91.2 Å². The molecule has 3 saturated carbocycles. The number of carbonyl (C=O) groups excluding carboxylic acids is 1. The van der Waals surface area contributed by atoms with Gasteiger partial charge in [0.05, 0.1) is 0 Å². The molecule has 0 radical (unpaired) electrons. The topological polar surface area (TPSA) is 26.3 Å². The maximum Gasteiger partial charge on any atom is 0.306 e. The molecular weight excluding hydrogens is 428 g/mol. The van der Waals surface area contributed by atoms with Gasteiger partial charge in [-0.3, -0.25) is 4.79 Å². The van der Waals surface area contributed by atoms with E-state index in [1.54, 1.807) is 5.57 Å². The third-order valence-corrected chi connectivity index (χ3v) is 11.7. The summed E-state index contributed by atoms with van der Waals surface area (Å²) in [5.74, 6) is 4.11. The van der Waals surface area contributed by atoms with Crippen molar-refractivity contribution in [3.63, 3.8) is 0 Å². The third-order valence-electron chi connectivity index (χ3n) is 11.7. The van der Waals surface area contributed by atoms with E-state index in [2.05, 4.69) is 40.7 Å². The van der Waals surface area contributed by atoms with Crippen LogP contribution in [-0.2, 0) is 9.53 Å². The summed E-state index contributed by atoms with van der Waals surface area (Å²) < 4.78 is 5.98. The lowest BCUT2D eigenvalue weighted by molar-refractivity contribution is -0.152. The standard InChI is InChI=1S/C33H56O2/c1-6-8-9-10-11-12-13-25-15-17-29-28-16-14-26-23-27(35-31(34)22-24(3)7-2)18-20-33(26,5)30(28)19-21-32(25,29)4/h14,24-25,27-30H,6-13,15-23H2,1-5H3/t24-,25+,27+,28+,29+,30+,32-,33+/m1/s1. The van der Waals surface area contributed by atoms with E-state index in [1.807, 2.05) is 0 Å². The first-order valence-corrected chi connectivity index (χ1v) is 15.7. The Labute approximate surface area is 217 Å². The minimum atomic E-state index is 0.0260. The Morgan fingerprint density at radius 2 is 1.77 bits per heavy atom. The van der Waals surface area contributed by atoms with E-state index in [4.69, 9.17) is 4.74 Å². The lowest BCUT2D eigenvalue weighted by Crippen LogP contribution is -2.50. The van der Waals surface area contributed by atoms with Crippen LogP contribution in [0.15, 0.2) is 11.6 Å². The molecule has 0 amide bonds. The summed E-state index contributed by atoms with van der Waals surface area (Å²) >= 11 is 0. The summed E-state index contributed by atoms with van der Waals surface area (Å²) in [6.45, 7) is 11.9. The van der Waals surface area contributed by atoms with Gasteiger partial charge in [0.15, 0.2) is 0 Å². The van der Waals surface area contributed by atoms with Crippen molar-refractivity contribution in [3.05, 3.63) is 11.6 Å². The molecule has 3 fully saturated rings. The van der Waals surface area contributed by atoms with Crippen LogP contribution in [0, 0.1) is 40.4 Å². The van der Waals surface area contributed by atoms with Gasteiger partial charge >= 0.3 is 5.97 Å². The van der Waals surface area contributed by atoms with E-state index in [0.717, 1.165) is 42.9 Å². The Morgan fingerprint density at radius 1 is 1.00 bits per heavy atom. The number of rotatable bonds is 11. The monoisotopic (exact) mass is 484 g/mol. The molecule has 35 heavy (non-hydrogen) atoms. The molecule has 0 aromatic heterocycles. The number of esters is 1. The first-order valence-electron chi connectivity index (χ1n) is 15.7. The molecule has 0 aromatic carbocycles. The Bertz CT molecular complexity index is 739. The van der Waals surface area contributed by atoms with Crippen LogP contribution < -0.4 is 0 Å². The molecular formula is C33H56O2. The number of carbonyl (C=O) groups is 1. The minimum Gasteiger partial charge on any atom is -0.462 e. The summed E-state index contributed by atoms with van der Waals surface area (Å²) in [6, 6.07) is 0. The third kappa shape index (κ3) is 5.72. The van der Waals surface area contributed by atoms with Crippen LogP contribution in [0.25, 0.3) is 0 Å². The second kappa shape index (κ2) is 11.7. The Hall–Kier alpha value is -0.790. The lowest BCUT2D eigenvalue weighted by Gasteiger charge is -2.58. The lowest BCUT2D eigenvalue weighted by atomic mass is 9.47. The molecule has 4 aliphatic rings. The van der Waals surface area contributed by atoms with E-state index in [0.29, 0.717) is 23.2 Å². The summed E-state index contributed by atoms with van der Waals surface area (Å²) in [5.41, 5.74) is 2.58. The van der Waals surface area contributed by atoms with Crippen LogP contribution >= 0.6 is 0 Å². The average Bonchev–Trinajstić information content (AvgIpc) is 3.17. The van der Waals surface area contributed by atoms with Gasteiger partial charge in [0.1, 0.15) is 6.10 Å². The quantitative estimate of drug-likeness (QED) is 0.166. The fourth-order valence-electron chi connectivity index (χ4n) is 9.15. The number of ether oxygens (including phenoxy) is 1. The maximum atomic E-state index is 12.4. The first kappa shape index (κ1) is 27.3. The molecule has 200 valence electrons. The van der Waals surface area contributed by atoms with Gasteiger partial charge in [-0.05, 0) is 91.8 Å². The van der Waals surface area contributed by atoms with E-state index in [9.17, 15) is 4.79 Å². The molecule has 4 aliphatic carbocycles. The molecule has 0 unspecified atom stereocenters. The van der Waals surface area contributed by atoms with Gasteiger partial charge in [0.25, 0.3) is 0 Å². The molecule has 0 heterocycles. The number of allylic oxidation sites excluding steroid dienone is 1. The van der Waals surface area contributed by atoms with Crippen molar-refractivity contribution in [3.8, 4) is 0 Å². The minimum absolute atomic E-state index is 0.0260. The number of unbranched alkanes of at least 4 members (excludes halogenated alkanes) is 5. The molecule has 0 N–H and O–H groups in total. The zero-order valence-corrected chi connectivity index (χ0v) is 23.9. The fraction of sp³-hybridized carbons (Fsp3) is 0.909. The average molecular weight is 485 g/mol. The zero-order chi connectivity index (χ0) is 25.1. The summed E-state index contributed by atoms with van der Waals surface area (Å²) in [4.78, 5) is 12.4. The highest BCUT2D eigenvalue weighted by Crippen LogP contribution is 2.66. The smallest absolute Gasteiger partial charge is 0.306 e. The van der Waals surface area contributed by atoms with Crippen LogP contribution in [0.1, 0.15) is 144 Å². The number of hydrogen-bond acceptors (Lipinski definition) is 2. The highest BCUT2D eigenvalue weighted by atomic mass is 16.5. The van der Waals surface area contributed by atoms with Crippen molar-refractivity contribution < 1.29 is 9.53 Å². The largest absolute Gasteiger partial charge is 0.462 e. The van der Waals surface area contributed by atoms with Crippen LogP contribution in [0.2, 0.25) is 0 Å². The summed E-state index contributed by atoms with van der Waals surface area (Å²) in [5, 5.41) is 0. The fourth-order valence-corrected chi connectivity index (χ4v) is 9.15. The Kier molecular flexibility index (Phi) is 9.13. The van der Waals surface area contributed by atoms with Gasteiger partial charge < -0.3 is 4.74 Å². The first-order chi connectivity index (χ1) is 16.8. The molecule has 2 heteroatoms. The van der Waals surface area contributed by atoms with Gasteiger partial charge in [0.2, 0.25) is 0 Å². The van der Waals surface area contributed by atoms with Gasteiger partial charge in [0, 0.05) is 12.8 Å². The van der Waals surface area contributed by atoms with E-state index >= 15 is 0 Å². The van der Waals surface area contributed by atoms with Crippen molar-refractivity contribution in [1.82, 2.24) is 0 Å². The van der Waals surface area contributed by atoms with Crippen molar-refractivity contribution in [2.24, 2.45) is 40.4 Å². The summed E-state index contributed by atoms with van der Waals surface area (Å²) in [7, 11) is 0.